The molecule has 2 fully saturated rings. The van der Waals surface area contributed by atoms with E-state index in [4.69, 9.17) is 4.99 Å². The Morgan fingerprint density at radius 3 is 2.34 bits per heavy atom. The van der Waals surface area contributed by atoms with Crippen molar-refractivity contribution >= 4 is 35.9 Å². The molecule has 1 saturated heterocycles. The zero-order valence-electron chi connectivity index (χ0n) is 19.0. The number of nitrogens with zero attached hydrogens (tertiary/aromatic N) is 5. The quantitative estimate of drug-likeness (QED) is 0.300. The average molecular weight is 550 g/mol. The summed E-state index contributed by atoms with van der Waals surface area (Å²) in [7, 11) is 0. The van der Waals surface area contributed by atoms with Crippen LogP contribution in [0.1, 0.15) is 31.7 Å². The van der Waals surface area contributed by atoms with Gasteiger partial charge in [-0.25, -0.2) is 9.97 Å². The zero-order valence-corrected chi connectivity index (χ0v) is 21.4. The molecule has 2 aromatic rings. The summed E-state index contributed by atoms with van der Waals surface area (Å²) in [6.45, 7) is 9.76. The predicted molar refractivity (Wildman–Crippen MR) is 142 cm³/mol. The van der Waals surface area contributed by atoms with Gasteiger partial charge in [-0.3, -0.25) is 9.89 Å². The molecule has 0 spiro atoms. The molecule has 2 N–H and O–H groups in total. The fraction of sp³-hybridized carbons (Fsp3) is 0.542. The summed E-state index contributed by atoms with van der Waals surface area (Å²) in [5.41, 5.74) is 1.65. The number of benzene rings is 1. The topological polar surface area (TPSA) is 68.7 Å². The van der Waals surface area contributed by atoms with Crippen molar-refractivity contribution in [2.45, 2.75) is 31.6 Å². The highest BCUT2D eigenvalue weighted by Crippen LogP contribution is 2.43. The SMILES string of the molecule is CCNC(=NCC1(c2ccccc2)CCC1)NCCN1CCN(c2ncccn2)CC1.I. The van der Waals surface area contributed by atoms with Crippen molar-refractivity contribution in [3.63, 3.8) is 0 Å². The van der Waals surface area contributed by atoms with E-state index in [1.54, 1.807) is 0 Å². The van der Waals surface area contributed by atoms with Crippen LogP contribution in [0, 0.1) is 0 Å². The van der Waals surface area contributed by atoms with E-state index < -0.39 is 0 Å². The maximum absolute atomic E-state index is 4.97. The number of piperazine rings is 1. The van der Waals surface area contributed by atoms with E-state index in [9.17, 15) is 0 Å². The lowest BCUT2D eigenvalue weighted by molar-refractivity contribution is 0.252. The van der Waals surface area contributed by atoms with Gasteiger partial charge >= 0.3 is 0 Å². The second-order valence-electron chi connectivity index (χ2n) is 8.50. The van der Waals surface area contributed by atoms with Crippen LogP contribution < -0.4 is 15.5 Å². The lowest BCUT2D eigenvalue weighted by Crippen LogP contribution is -2.50. The molecule has 0 atom stereocenters. The fourth-order valence-electron chi connectivity index (χ4n) is 4.46. The molecule has 1 aromatic carbocycles. The Kier molecular flexibility index (Phi) is 9.52. The van der Waals surface area contributed by atoms with Crippen molar-refractivity contribution < 1.29 is 0 Å². The third-order valence-electron chi connectivity index (χ3n) is 6.51. The van der Waals surface area contributed by atoms with Crippen LogP contribution in [0.3, 0.4) is 0 Å². The van der Waals surface area contributed by atoms with Gasteiger partial charge in [-0.15, -0.1) is 24.0 Å². The molecule has 1 saturated carbocycles. The van der Waals surface area contributed by atoms with Gasteiger partial charge in [-0.2, -0.15) is 0 Å². The number of nitrogens with one attached hydrogen (secondary N) is 2. The number of rotatable bonds is 8. The number of aromatic nitrogens is 2. The van der Waals surface area contributed by atoms with E-state index in [-0.39, 0.29) is 29.4 Å². The molecule has 174 valence electrons. The molecule has 4 rings (SSSR count). The number of aliphatic imine (C=N–C) groups is 1. The number of hydrogen-bond acceptors (Lipinski definition) is 5. The normalized spacial score (nSPS) is 18.4. The highest BCUT2D eigenvalue weighted by Gasteiger charge is 2.38. The van der Waals surface area contributed by atoms with E-state index in [0.29, 0.717) is 0 Å². The van der Waals surface area contributed by atoms with Crippen LogP contribution in [0.25, 0.3) is 0 Å². The Bertz CT molecular complexity index is 819. The third kappa shape index (κ3) is 6.31. The van der Waals surface area contributed by atoms with Crippen LogP contribution in [-0.2, 0) is 5.41 Å². The highest BCUT2D eigenvalue weighted by molar-refractivity contribution is 14.0. The zero-order chi connectivity index (χ0) is 21.4. The molecule has 1 aliphatic heterocycles. The molecule has 7 nitrogen and oxygen atoms in total. The van der Waals surface area contributed by atoms with E-state index in [0.717, 1.165) is 64.3 Å². The second-order valence-corrected chi connectivity index (χ2v) is 8.50. The minimum absolute atomic E-state index is 0. The molecule has 1 aliphatic carbocycles. The number of anilines is 1. The van der Waals surface area contributed by atoms with Gasteiger partial charge in [0.1, 0.15) is 0 Å². The monoisotopic (exact) mass is 549 g/mol. The Morgan fingerprint density at radius 2 is 1.72 bits per heavy atom. The first-order valence-corrected chi connectivity index (χ1v) is 11.6. The first-order valence-electron chi connectivity index (χ1n) is 11.6. The van der Waals surface area contributed by atoms with Gasteiger partial charge in [0.25, 0.3) is 0 Å². The summed E-state index contributed by atoms with van der Waals surface area (Å²) in [4.78, 5) is 18.5. The van der Waals surface area contributed by atoms with Crippen LogP contribution in [-0.4, -0.2) is 73.2 Å². The maximum Gasteiger partial charge on any atom is 0.225 e. The number of guanidine groups is 1. The Balaban J connectivity index is 0.00000289. The molecule has 8 heteroatoms. The van der Waals surface area contributed by atoms with Crippen LogP contribution in [0.2, 0.25) is 0 Å². The van der Waals surface area contributed by atoms with Gasteiger partial charge in [0.05, 0.1) is 6.54 Å². The lowest BCUT2D eigenvalue weighted by Gasteiger charge is -2.41. The standard InChI is InChI=1S/C24H35N7.HI/c1-2-25-22(29-20-24(10-6-11-24)21-8-4-3-5-9-21)26-14-15-30-16-18-31(19-17-30)23-27-12-7-13-28-23;/h3-5,7-9,12-13H,2,6,10-11,14-20H2,1H3,(H2,25,26,29);1H. The van der Waals surface area contributed by atoms with E-state index in [2.05, 4.69) is 67.7 Å². The summed E-state index contributed by atoms with van der Waals surface area (Å²) in [5.74, 6) is 1.77. The summed E-state index contributed by atoms with van der Waals surface area (Å²) in [6.07, 6.45) is 7.39. The van der Waals surface area contributed by atoms with E-state index >= 15 is 0 Å². The maximum atomic E-state index is 4.97. The van der Waals surface area contributed by atoms with Gasteiger partial charge < -0.3 is 15.5 Å². The molecule has 0 bridgehead atoms. The fourth-order valence-corrected chi connectivity index (χ4v) is 4.46. The highest BCUT2D eigenvalue weighted by atomic mass is 127. The number of hydrogen-bond donors (Lipinski definition) is 2. The molecule has 0 unspecified atom stereocenters. The second kappa shape index (κ2) is 12.3. The van der Waals surface area contributed by atoms with E-state index in [1.807, 2.05) is 18.5 Å². The van der Waals surface area contributed by atoms with Crippen molar-refractivity contribution in [3.8, 4) is 0 Å². The van der Waals surface area contributed by atoms with Crippen molar-refractivity contribution in [1.82, 2.24) is 25.5 Å². The molecule has 1 aromatic heterocycles. The first-order chi connectivity index (χ1) is 15.3. The van der Waals surface area contributed by atoms with Gasteiger partial charge in [-0.1, -0.05) is 36.8 Å². The number of halogens is 1. The van der Waals surface area contributed by atoms with Crippen LogP contribution >= 0.6 is 24.0 Å². The summed E-state index contributed by atoms with van der Waals surface area (Å²) >= 11 is 0. The van der Waals surface area contributed by atoms with Crippen LogP contribution in [0.15, 0.2) is 53.8 Å². The first kappa shape index (κ1) is 24.7. The Morgan fingerprint density at radius 1 is 1.00 bits per heavy atom. The summed E-state index contributed by atoms with van der Waals surface area (Å²) < 4.78 is 0. The molecular weight excluding hydrogens is 513 g/mol. The molecular formula is C24H36IN7. The third-order valence-corrected chi connectivity index (χ3v) is 6.51. The minimum Gasteiger partial charge on any atom is -0.357 e. The molecule has 2 aliphatic rings. The molecule has 0 radical (unpaired) electrons. The van der Waals surface area contributed by atoms with Crippen molar-refractivity contribution in [3.05, 3.63) is 54.4 Å². The minimum atomic E-state index is 0. The predicted octanol–water partition coefficient (Wildman–Crippen LogP) is 2.89. The Hall–Kier alpha value is -1.94. The Labute approximate surface area is 209 Å². The van der Waals surface area contributed by atoms with Crippen molar-refractivity contribution in [2.24, 2.45) is 4.99 Å². The van der Waals surface area contributed by atoms with Gasteiger partial charge in [-0.05, 0) is 31.4 Å². The largest absolute Gasteiger partial charge is 0.357 e. The smallest absolute Gasteiger partial charge is 0.225 e. The molecule has 32 heavy (non-hydrogen) atoms. The van der Waals surface area contributed by atoms with Crippen molar-refractivity contribution in [1.29, 1.82) is 0 Å². The van der Waals surface area contributed by atoms with Gasteiger partial charge in [0.15, 0.2) is 5.96 Å². The van der Waals surface area contributed by atoms with Crippen molar-refractivity contribution in [2.75, 3.05) is 57.3 Å². The van der Waals surface area contributed by atoms with Crippen LogP contribution in [0.4, 0.5) is 5.95 Å². The summed E-state index contributed by atoms with van der Waals surface area (Å²) in [6, 6.07) is 12.8. The molecule has 0 amide bonds. The van der Waals surface area contributed by atoms with Gasteiger partial charge in [0.2, 0.25) is 5.95 Å². The van der Waals surface area contributed by atoms with Crippen LogP contribution in [0.5, 0.6) is 0 Å². The lowest BCUT2D eigenvalue weighted by atomic mass is 9.64. The van der Waals surface area contributed by atoms with E-state index in [1.165, 1.54) is 24.8 Å². The van der Waals surface area contributed by atoms with Gasteiger partial charge in [0, 0.05) is 63.6 Å². The average Bonchev–Trinajstić information content (AvgIpc) is 2.80. The summed E-state index contributed by atoms with van der Waals surface area (Å²) in [5, 5.41) is 6.96. The molecule has 2 heterocycles.